The van der Waals surface area contributed by atoms with Crippen molar-refractivity contribution in [2.24, 2.45) is 0 Å². The van der Waals surface area contributed by atoms with Gasteiger partial charge in [0.05, 0.1) is 12.0 Å². The van der Waals surface area contributed by atoms with Gasteiger partial charge < -0.3 is 15.2 Å². The molecular weight excluding hydrogens is 260 g/mol. The van der Waals surface area contributed by atoms with Gasteiger partial charge in [-0.15, -0.1) is 0 Å². The highest BCUT2D eigenvalue weighted by Gasteiger charge is 2.15. The summed E-state index contributed by atoms with van der Waals surface area (Å²) in [7, 11) is 1.39. The third-order valence-electron chi connectivity index (χ3n) is 2.70. The van der Waals surface area contributed by atoms with Crippen molar-refractivity contribution in [3.8, 4) is 11.5 Å². The Bertz CT molecular complexity index is 628. The molecule has 0 amide bonds. The standard InChI is InChI=1S/C14H14N2O4/c1-19-14-6-5-10(7-13(14)16(17)18)9-20-12-4-2-3-11(15)8-12/h2-8H,9,15H2,1H3. The van der Waals surface area contributed by atoms with Gasteiger partial charge in [0.25, 0.3) is 0 Å². The molecule has 0 saturated heterocycles. The number of nitro groups is 1. The van der Waals surface area contributed by atoms with E-state index in [-0.39, 0.29) is 18.0 Å². The number of nitro benzene ring substituents is 1. The minimum atomic E-state index is -0.483. The first-order valence-corrected chi connectivity index (χ1v) is 5.90. The van der Waals surface area contributed by atoms with Crippen molar-refractivity contribution in [3.05, 3.63) is 58.1 Å². The summed E-state index contributed by atoms with van der Waals surface area (Å²) in [6.45, 7) is 0.217. The van der Waals surface area contributed by atoms with Gasteiger partial charge in [-0.2, -0.15) is 0 Å². The molecule has 0 aliphatic heterocycles. The number of nitrogen functional groups attached to an aromatic ring is 1. The summed E-state index contributed by atoms with van der Waals surface area (Å²) in [6.07, 6.45) is 0. The minimum absolute atomic E-state index is 0.0822. The third-order valence-corrected chi connectivity index (χ3v) is 2.70. The number of hydrogen-bond donors (Lipinski definition) is 1. The summed E-state index contributed by atoms with van der Waals surface area (Å²) in [5.74, 6) is 0.839. The number of hydrogen-bond acceptors (Lipinski definition) is 5. The molecule has 2 aromatic rings. The van der Waals surface area contributed by atoms with Crippen molar-refractivity contribution in [3.63, 3.8) is 0 Å². The van der Waals surface area contributed by atoms with Crippen LogP contribution in [0.25, 0.3) is 0 Å². The van der Waals surface area contributed by atoms with Gasteiger partial charge >= 0.3 is 5.69 Å². The molecule has 0 unspecified atom stereocenters. The first-order chi connectivity index (χ1) is 9.60. The van der Waals surface area contributed by atoms with Crippen molar-refractivity contribution in [1.82, 2.24) is 0 Å². The zero-order chi connectivity index (χ0) is 14.5. The van der Waals surface area contributed by atoms with E-state index in [9.17, 15) is 10.1 Å². The van der Waals surface area contributed by atoms with E-state index in [4.69, 9.17) is 15.2 Å². The first-order valence-electron chi connectivity index (χ1n) is 5.90. The maximum atomic E-state index is 10.9. The summed E-state index contributed by atoms with van der Waals surface area (Å²) in [5, 5.41) is 10.9. The Labute approximate surface area is 115 Å². The van der Waals surface area contributed by atoms with Crippen LogP contribution in [0.15, 0.2) is 42.5 Å². The second-order valence-corrected chi connectivity index (χ2v) is 4.12. The number of nitrogens with two attached hydrogens (primary N) is 1. The highest BCUT2D eigenvalue weighted by Crippen LogP contribution is 2.28. The first kappa shape index (κ1) is 13.7. The molecule has 0 radical (unpaired) electrons. The molecule has 0 aromatic heterocycles. The molecular formula is C14H14N2O4. The lowest BCUT2D eigenvalue weighted by molar-refractivity contribution is -0.385. The van der Waals surface area contributed by atoms with Crippen LogP contribution in [-0.2, 0) is 6.61 Å². The van der Waals surface area contributed by atoms with Crippen LogP contribution >= 0.6 is 0 Å². The lowest BCUT2D eigenvalue weighted by Gasteiger charge is -2.08. The molecule has 2 N–H and O–H groups in total. The van der Waals surface area contributed by atoms with E-state index < -0.39 is 4.92 Å². The van der Waals surface area contributed by atoms with Gasteiger partial charge in [0.2, 0.25) is 0 Å². The Kier molecular flexibility index (Phi) is 4.05. The Balaban J connectivity index is 2.14. The predicted molar refractivity (Wildman–Crippen MR) is 74.8 cm³/mol. The highest BCUT2D eigenvalue weighted by atomic mass is 16.6. The number of benzene rings is 2. The third kappa shape index (κ3) is 3.17. The molecule has 0 fully saturated rings. The second-order valence-electron chi connectivity index (χ2n) is 4.12. The van der Waals surface area contributed by atoms with Crippen LogP contribution in [0, 0.1) is 10.1 Å². The minimum Gasteiger partial charge on any atom is -0.490 e. The Hall–Kier alpha value is -2.76. The molecule has 20 heavy (non-hydrogen) atoms. The van der Waals surface area contributed by atoms with Crippen molar-refractivity contribution in [2.45, 2.75) is 6.61 Å². The zero-order valence-corrected chi connectivity index (χ0v) is 10.9. The normalized spacial score (nSPS) is 10.1. The molecule has 0 heterocycles. The van der Waals surface area contributed by atoms with Crippen LogP contribution < -0.4 is 15.2 Å². The summed E-state index contributed by atoms with van der Waals surface area (Å²) in [6, 6.07) is 11.7. The molecule has 2 rings (SSSR count). The Morgan fingerprint density at radius 3 is 2.70 bits per heavy atom. The van der Waals surface area contributed by atoms with Crippen molar-refractivity contribution < 1.29 is 14.4 Å². The van der Waals surface area contributed by atoms with Crippen molar-refractivity contribution in [2.75, 3.05) is 12.8 Å². The molecule has 0 bridgehead atoms. The highest BCUT2D eigenvalue weighted by molar-refractivity contribution is 5.49. The molecule has 6 nitrogen and oxygen atoms in total. The molecule has 6 heteroatoms. The lowest BCUT2D eigenvalue weighted by atomic mass is 10.2. The molecule has 0 aliphatic rings. The number of anilines is 1. The van der Waals surface area contributed by atoms with E-state index in [0.717, 1.165) is 0 Å². The monoisotopic (exact) mass is 274 g/mol. The maximum absolute atomic E-state index is 10.9. The van der Waals surface area contributed by atoms with Crippen molar-refractivity contribution in [1.29, 1.82) is 0 Å². The van der Waals surface area contributed by atoms with Crippen molar-refractivity contribution >= 4 is 11.4 Å². The van der Waals surface area contributed by atoms with Crippen LogP contribution in [0.3, 0.4) is 0 Å². The van der Waals surface area contributed by atoms with Gasteiger partial charge in [-0.05, 0) is 23.8 Å². The summed E-state index contributed by atoms with van der Waals surface area (Å²) in [4.78, 5) is 10.4. The fraction of sp³-hybridized carbons (Fsp3) is 0.143. The topological polar surface area (TPSA) is 87.6 Å². The van der Waals surface area contributed by atoms with Gasteiger partial charge in [0.15, 0.2) is 5.75 Å². The van der Waals surface area contributed by atoms with Gasteiger partial charge in [-0.1, -0.05) is 12.1 Å². The predicted octanol–water partition coefficient (Wildman–Crippen LogP) is 2.76. The Morgan fingerprint density at radius 2 is 2.05 bits per heavy atom. The van der Waals surface area contributed by atoms with E-state index in [1.165, 1.54) is 13.2 Å². The molecule has 0 atom stereocenters. The number of rotatable bonds is 5. The van der Waals surface area contributed by atoms with E-state index in [1.807, 2.05) is 0 Å². The van der Waals surface area contributed by atoms with E-state index in [2.05, 4.69) is 0 Å². The van der Waals surface area contributed by atoms with Crippen LogP contribution in [0.1, 0.15) is 5.56 Å². The fourth-order valence-electron chi connectivity index (χ4n) is 1.74. The van der Waals surface area contributed by atoms with Crippen LogP contribution in [0.2, 0.25) is 0 Å². The lowest BCUT2D eigenvalue weighted by Crippen LogP contribution is -1.99. The number of ether oxygens (including phenoxy) is 2. The average molecular weight is 274 g/mol. The van der Waals surface area contributed by atoms with Gasteiger partial charge in [0.1, 0.15) is 12.4 Å². The summed E-state index contributed by atoms with van der Waals surface area (Å²) in [5.41, 5.74) is 6.84. The van der Waals surface area contributed by atoms with Crippen LogP contribution in [0.5, 0.6) is 11.5 Å². The van der Waals surface area contributed by atoms with Gasteiger partial charge in [0, 0.05) is 17.8 Å². The number of nitrogens with zero attached hydrogens (tertiary/aromatic N) is 1. The van der Waals surface area contributed by atoms with Gasteiger partial charge in [-0.25, -0.2) is 0 Å². The maximum Gasteiger partial charge on any atom is 0.311 e. The second kappa shape index (κ2) is 5.92. The van der Waals surface area contributed by atoms with E-state index in [0.29, 0.717) is 17.0 Å². The van der Waals surface area contributed by atoms with E-state index in [1.54, 1.807) is 36.4 Å². The van der Waals surface area contributed by atoms with E-state index >= 15 is 0 Å². The summed E-state index contributed by atoms with van der Waals surface area (Å²) >= 11 is 0. The van der Waals surface area contributed by atoms with Crippen LogP contribution in [-0.4, -0.2) is 12.0 Å². The quantitative estimate of drug-likeness (QED) is 0.514. The average Bonchev–Trinajstić information content (AvgIpc) is 2.45. The SMILES string of the molecule is COc1ccc(COc2cccc(N)c2)cc1[N+](=O)[O-]. The zero-order valence-electron chi connectivity index (χ0n) is 10.9. The molecule has 0 spiro atoms. The fourth-order valence-corrected chi connectivity index (χ4v) is 1.74. The largest absolute Gasteiger partial charge is 0.490 e. The molecule has 104 valence electrons. The molecule has 0 aliphatic carbocycles. The number of methoxy groups -OCH3 is 1. The van der Waals surface area contributed by atoms with Crippen LogP contribution in [0.4, 0.5) is 11.4 Å². The summed E-state index contributed by atoms with van der Waals surface area (Å²) < 4.78 is 10.5. The van der Waals surface area contributed by atoms with Gasteiger partial charge in [-0.3, -0.25) is 10.1 Å². The molecule has 0 saturated carbocycles. The smallest absolute Gasteiger partial charge is 0.311 e. The molecule has 2 aromatic carbocycles. The Morgan fingerprint density at radius 1 is 1.25 bits per heavy atom.